The first-order valence-electron chi connectivity index (χ1n) is 9.04. The molecule has 0 saturated carbocycles. The second-order valence-electron chi connectivity index (χ2n) is 7.05. The summed E-state index contributed by atoms with van der Waals surface area (Å²) in [4.78, 5) is 0. The molecule has 1 unspecified atom stereocenters. The maximum absolute atomic E-state index is 9.75. The van der Waals surface area contributed by atoms with Gasteiger partial charge in [0.15, 0.2) is 0 Å². The lowest BCUT2D eigenvalue weighted by molar-refractivity contribution is 0.727. The predicted molar refractivity (Wildman–Crippen MR) is 107 cm³/mol. The highest BCUT2D eigenvalue weighted by Crippen LogP contribution is 2.34. The average molecular weight is 364 g/mol. The van der Waals surface area contributed by atoms with E-state index in [1.165, 1.54) is 6.07 Å². The van der Waals surface area contributed by atoms with E-state index in [1.807, 2.05) is 32.3 Å². The van der Waals surface area contributed by atoms with Crippen LogP contribution in [0.3, 0.4) is 0 Å². The van der Waals surface area contributed by atoms with Gasteiger partial charge in [-0.1, -0.05) is 23.8 Å². The third kappa shape index (κ3) is 3.52. The van der Waals surface area contributed by atoms with Gasteiger partial charge in [0.2, 0.25) is 0 Å². The Labute approximate surface area is 165 Å². The third-order valence-corrected chi connectivity index (χ3v) is 5.20. The fraction of sp³-hybridized carbons (Fsp3) is 0.208. The Balaban J connectivity index is 2.27. The molecule has 0 aliphatic rings. The number of rotatable bonds is 4. The second-order valence-corrected chi connectivity index (χ2v) is 7.05. The normalized spacial score (nSPS) is 11.3. The highest BCUT2D eigenvalue weighted by Gasteiger charge is 2.23. The first-order chi connectivity index (χ1) is 13.5. The van der Waals surface area contributed by atoms with Crippen molar-refractivity contribution in [2.24, 2.45) is 7.05 Å². The first kappa shape index (κ1) is 19.0. The molecule has 0 aliphatic carbocycles. The van der Waals surface area contributed by atoms with Gasteiger partial charge in [-0.2, -0.15) is 15.8 Å². The molecule has 0 aliphatic heterocycles. The fourth-order valence-corrected chi connectivity index (χ4v) is 3.63. The summed E-state index contributed by atoms with van der Waals surface area (Å²) in [6, 6.07) is 20.0. The van der Waals surface area contributed by atoms with Gasteiger partial charge >= 0.3 is 0 Å². The maximum Gasteiger partial charge on any atom is 0.101 e. The van der Waals surface area contributed by atoms with Crippen molar-refractivity contribution in [2.75, 3.05) is 0 Å². The van der Waals surface area contributed by atoms with E-state index in [4.69, 9.17) is 0 Å². The standard InChI is InChI=1S/C24H20N4/c1-16-6-7-17(2)22(9-16)24(12-21-5-4-8-28(21)3)23-11-19(14-26)18(13-25)10-20(23)15-27/h4-11,24H,12H2,1-3H3. The topological polar surface area (TPSA) is 76.3 Å². The van der Waals surface area contributed by atoms with Crippen LogP contribution in [-0.2, 0) is 13.5 Å². The zero-order valence-corrected chi connectivity index (χ0v) is 16.2. The quantitative estimate of drug-likeness (QED) is 0.677. The molecule has 1 aromatic heterocycles. The van der Waals surface area contributed by atoms with Crippen molar-refractivity contribution in [1.82, 2.24) is 4.57 Å². The van der Waals surface area contributed by atoms with Crippen LogP contribution < -0.4 is 0 Å². The fourth-order valence-electron chi connectivity index (χ4n) is 3.63. The molecule has 0 bridgehead atoms. The molecular weight excluding hydrogens is 344 g/mol. The van der Waals surface area contributed by atoms with E-state index in [1.54, 1.807) is 6.07 Å². The van der Waals surface area contributed by atoms with Crippen molar-refractivity contribution in [3.8, 4) is 18.2 Å². The maximum atomic E-state index is 9.75. The van der Waals surface area contributed by atoms with Crippen LogP contribution in [0.2, 0.25) is 0 Å². The number of hydrogen-bond donors (Lipinski definition) is 0. The summed E-state index contributed by atoms with van der Waals surface area (Å²) in [5.74, 6) is -0.0945. The molecule has 28 heavy (non-hydrogen) atoms. The minimum atomic E-state index is -0.0945. The van der Waals surface area contributed by atoms with Crippen molar-refractivity contribution in [3.05, 3.63) is 93.3 Å². The molecule has 3 aromatic rings. The minimum Gasteiger partial charge on any atom is -0.354 e. The molecular formula is C24H20N4. The Morgan fingerprint density at radius 2 is 1.54 bits per heavy atom. The van der Waals surface area contributed by atoms with Crippen LogP contribution in [0.5, 0.6) is 0 Å². The number of nitriles is 3. The Hall–Kier alpha value is -3.81. The first-order valence-corrected chi connectivity index (χ1v) is 9.04. The van der Waals surface area contributed by atoms with Gasteiger partial charge in [-0.05, 0) is 61.2 Å². The molecule has 0 saturated heterocycles. The highest BCUT2D eigenvalue weighted by atomic mass is 14.9. The van der Waals surface area contributed by atoms with Crippen LogP contribution in [0.1, 0.15) is 50.6 Å². The molecule has 0 spiro atoms. The Morgan fingerprint density at radius 1 is 0.857 bits per heavy atom. The smallest absolute Gasteiger partial charge is 0.101 e. The van der Waals surface area contributed by atoms with Gasteiger partial charge < -0.3 is 4.57 Å². The summed E-state index contributed by atoms with van der Waals surface area (Å²) in [6.45, 7) is 4.11. The van der Waals surface area contributed by atoms with Gasteiger partial charge in [-0.15, -0.1) is 0 Å². The number of aromatic nitrogens is 1. The van der Waals surface area contributed by atoms with Crippen LogP contribution in [0.4, 0.5) is 0 Å². The zero-order valence-electron chi connectivity index (χ0n) is 16.2. The largest absolute Gasteiger partial charge is 0.354 e. The summed E-state index contributed by atoms with van der Waals surface area (Å²) >= 11 is 0. The monoisotopic (exact) mass is 364 g/mol. The van der Waals surface area contributed by atoms with E-state index in [9.17, 15) is 15.8 Å². The molecule has 0 fully saturated rings. The van der Waals surface area contributed by atoms with Gasteiger partial charge in [0.25, 0.3) is 0 Å². The average Bonchev–Trinajstić information content (AvgIpc) is 3.11. The number of hydrogen-bond acceptors (Lipinski definition) is 3. The highest BCUT2D eigenvalue weighted by molar-refractivity contribution is 5.57. The summed E-state index contributed by atoms with van der Waals surface area (Å²) in [6.07, 6.45) is 2.69. The number of nitrogens with zero attached hydrogens (tertiary/aromatic N) is 4. The van der Waals surface area contributed by atoms with Gasteiger partial charge in [0.1, 0.15) is 12.1 Å². The van der Waals surface area contributed by atoms with E-state index in [2.05, 4.69) is 47.9 Å². The van der Waals surface area contributed by atoms with E-state index < -0.39 is 0 Å². The van der Waals surface area contributed by atoms with Crippen LogP contribution in [0.25, 0.3) is 0 Å². The summed E-state index contributed by atoms with van der Waals surface area (Å²) in [7, 11) is 2.00. The summed E-state index contributed by atoms with van der Waals surface area (Å²) in [5, 5.41) is 28.6. The molecule has 3 rings (SSSR count). The van der Waals surface area contributed by atoms with Gasteiger partial charge in [0, 0.05) is 24.9 Å². The Morgan fingerprint density at radius 3 is 2.14 bits per heavy atom. The van der Waals surface area contributed by atoms with Crippen LogP contribution in [0.15, 0.2) is 48.7 Å². The van der Waals surface area contributed by atoms with Crippen LogP contribution in [0, 0.1) is 47.8 Å². The lowest BCUT2D eigenvalue weighted by Gasteiger charge is -2.23. The van der Waals surface area contributed by atoms with E-state index in [-0.39, 0.29) is 11.5 Å². The molecule has 2 aromatic carbocycles. The summed E-state index contributed by atoms with van der Waals surface area (Å²) in [5.41, 5.74) is 6.31. The van der Waals surface area contributed by atoms with Gasteiger partial charge in [0.05, 0.1) is 22.8 Å². The molecule has 1 atom stereocenters. The van der Waals surface area contributed by atoms with Crippen molar-refractivity contribution in [1.29, 1.82) is 15.8 Å². The molecule has 0 N–H and O–H groups in total. The van der Waals surface area contributed by atoms with Gasteiger partial charge in [-0.25, -0.2) is 0 Å². The zero-order chi connectivity index (χ0) is 20.3. The molecule has 4 heteroatoms. The molecule has 0 radical (unpaired) electrons. The van der Waals surface area contributed by atoms with E-state index in [0.717, 1.165) is 27.9 Å². The third-order valence-electron chi connectivity index (χ3n) is 5.20. The Bertz CT molecular complexity index is 1160. The Kier molecular flexibility index (Phi) is 5.30. The predicted octanol–water partition coefficient (Wildman–Crippen LogP) is 4.63. The summed E-state index contributed by atoms with van der Waals surface area (Å²) < 4.78 is 2.07. The molecule has 0 amide bonds. The van der Waals surface area contributed by atoms with E-state index in [0.29, 0.717) is 17.5 Å². The SMILES string of the molecule is Cc1ccc(C)c(C(Cc2cccn2C)c2cc(C#N)c(C#N)cc2C#N)c1. The lowest BCUT2D eigenvalue weighted by Crippen LogP contribution is -2.12. The second kappa shape index (κ2) is 7.83. The van der Waals surface area contributed by atoms with Crippen molar-refractivity contribution < 1.29 is 0 Å². The van der Waals surface area contributed by atoms with Crippen LogP contribution in [-0.4, -0.2) is 4.57 Å². The van der Waals surface area contributed by atoms with Crippen molar-refractivity contribution in [2.45, 2.75) is 26.2 Å². The molecule has 4 nitrogen and oxygen atoms in total. The van der Waals surface area contributed by atoms with Crippen molar-refractivity contribution in [3.63, 3.8) is 0 Å². The minimum absolute atomic E-state index is 0.0945. The van der Waals surface area contributed by atoms with E-state index >= 15 is 0 Å². The molecule has 1 heterocycles. The number of aryl methyl sites for hydroxylation is 3. The van der Waals surface area contributed by atoms with Gasteiger partial charge in [-0.3, -0.25) is 0 Å². The van der Waals surface area contributed by atoms with Crippen molar-refractivity contribution >= 4 is 0 Å². The lowest BCUT2D eigenvalue weighted by atomic mass is 9.81. The molecule has 136 valence electrons. The number of benzene rings is 2. The van der Waals surface area contributed by atoms with Crippen LogP contribution >= 0.6 is 0 Å².